The first kappa shape index (κ1) is 20.1. The van der Waals surface area contributed by atoms with Gasteiger partial charge in [0.05, 0.1) is 12.7 Å². The second kappa shape index (κ2) is 8.66. The first-order valence-electron chi connectivity index (χ1n) is 10.4. The Morgan fingerprint density at radius 1 is 1.03 bits per heavy atom. The summed E-state index contributed by atoms with van der Waals surface area (Å²) >= 11 is 0. The lowest BCUT2D eigenvalue weighted by molar-refractivity contribution is 0.0705. The van der Waals surface area contributed by atoms with Gasteiger partial charge in [-0.05, 0) is 74.2 Å². The van der Waals surface area contributed by atoms with Crippen LogP contribution in [-0.2, 0) is 0 Å². The summed E-state index contributed by atoms with van der Waals surface area (Å²) in [4.78, 5) is 24.0. The molecule has 0 radical (unpaired) electrons. The van der Waals surface area contributed by atoms with E-state index in [2.05, 4.69) is 29.2 Å². The quantitative estimate of drug-likeness (QED) is 0.631. The Morgan fingerprint density at radius 2 is 1.83 bits per heavy atom. The number of carbonyl (C=O) groups excluding carboxylic acids is 1. The van der Waals surface area contributed by atoms with Crippen LogP contribution < -0.4 is 4.74 Å². The second-order valence-corrected chi connectivity index (χ2v) is 7.93. The molecule has 1 aromatic carbocycles. The fourth-order valence-corrected chi connectivity index (χ4v) is 4.03. The van der Waals surface area contributed by atoms with Gasteiger partial charge in [0, 0.05) is 42.3 Å². The standard InChI is InChI=1S/C25H27N3O2/c1-17-6-7-20(15-26-17)25(29)28-12-4-5-21(16-28)24-14-22(13-18(2)27-24)19-8-10-23(30-3)11-9-19/h6-11,13-15,21H,4-5,12,16H2,1-3H3/t21-/m0/s1. The van der Waals surface area contributed by atoms with Gasteiger partial charge in [0.15, 0.2) is 0 Å². The van der Waals surface area contributed by atoms with Crippen molar-refractivity contribution in [3.63, 3.8) is 0 Å². The molecule has 4 rings (SSSR count). The zero-order chi connectivity index (χ0) is 21.1. The van der Waals surface area contributed by atoms with Crippen molar-refractivity contribution in [3.05, 3.63) is 77.4 Å². The van der Waals surface area contributed by atoms with Gasteiger partial charge in [-0.25, -0.2) is 0 Å². The predicted octanol–water partition coefficient (Wildman–Crippen LogP) is 4.79. The van der Waals surface area contributed by atoms with Gasteiger partial charge in [-0.1, -0.05) is 12.1 Å². The van der Waals surface area contributed by atoms with Crippen LogP contribution in [0.1, 0.15) is 46.2 Å². The zero-order valence-corrected chi connectivity index (χ0v) is 17.8. The molecule has 30 heavy (non-hydrogen) atoms. The number of aryl methyl sites for hydroxylation is 2. The van der Waals surface area contributed by atoms with Crippen molar-refractivity contribution in [2.24, 2.45) is 0 Å². The van der Waals surface area contributed by atoms with Crippen molar-refractivity contribution < 1.29 is 9.53 Å². The number of aromatic nitrogens is 2. The highest BCUT2D eigenvalue weighted by Crippen LogP contribution is 2.30. The van der Waals surface area contributed by atoms with E-state index in [1.54, 1.807) is 13.3 Å². The number of carbonyl (C=O) groups is 1. The number of hydrogen-bond acceptors (Lipinski definition) is 4. The van der Waals surface area contributed by atoms with Crippen molar-refractivity contribution in [2.75, 3.05) is 20.2 Å². The molecule has 0 aliphatic carbocycles. The van der Waals surface area contributed by atoms with E-state index >= 15 is 0 Å². The minimum absolute atomic E-state index is 0.0511. The van der Waals surface area contributed by atoms with Crippen LogP contribution in [-0.4, -0.2) is 41.0 Å². The van der Waals surface area contributed by atoms with Gasteiger partial charge in [-0.15, -0.1) is 0 Å². The zero-order valence-electron chi connectivity index (χ0n) is 17.8. The molecule has 0 bridgehead atoms. The van der Waals surface area contributed by atoms with E-state index in [1.165, 1.54) is 0 Å². The van der Waals surface area contributed by atoms with Crippen LogP contribution in [0.4, 0.5) is 0 Å². The molecule has 3 aromatic rings. The van der Waals surface area contributed by atoms with E-state index in [0.29, 0.717) is 12.1 Å². The summed E-state index contributed by atoms with van der Waals surface area (Å²) in [5.74, 6) is 1.13. The number of methoxy groups -OCH3 is 1. The molecule has 1 aliphatic rings. The summed E-state index contributed by atoms with van der Waals surface area (Å²) in [6.07, 6.45) is 3.69. The SMILES string of the molecule is COc1ccc(-c2cc(C)nc([C@H]3CCCN(C(=O)c4ccc(C)nc4)C3)c2)cc1. The average Bonchev–Trinajstić information content (AvgIpc) is 2.79. The van der Waals surface area contributed by atoms with Gasteiger partial charge in [0.25, 0.3) is 5.91 Å². The lowest BCUT2D eigenvalue weighted by Crippen LogP contribution is -2.39. The van der Waals surface area contributed by atoms with Crippen LogP contribution >= 0.6 is 0 Å². The van der Waals surface area contributed by atoms with Crippen molar-refractivity contribution in [1.82, 2.24) is 14.9 Å². The number of ether oxygens (including phenoxy) is 1. The van der Waals surface area contributed by atoms with Gasteiger partial charge < -0.3 is 9.64 Å². The van der Waals surface area contributed by atoms with Gasteiger partial charge in [0.2, 0.25) is 0 Å². The molecule has 1 amide bonds. The molecule has 0 unspecified atom stereocenters. The first-order chi connectivity index (χ1) is 14.5. The molecule has 1 saturated heterocycles. The van der Waals surface area contributed by atoms with Gasteiger partial charge in [0.1, 0.15) is 5.75 Å². The Bertz CT molecular complexity index is 1030. The molecular weight excluding hydrogens is 374 g/mol. The van der Waals surface area contributed by atoms with E-state index < -0.39 is 0 Å². The van der Waals surface area contributed by atoms with E-state index in [-0.39, 0.29) is 11.8 Å². The molecule has 0 N–H and O–H groups in total. The summed E-state index contributed by atoms with van der Waals surface area (Å²) in [5, 5.41) is 0. The normalized spacial score (nSPS) is 16.4. The monoisotopic (exact) mass is 401 g/mol. The largest absolute Gasteiger partial charge is 0.497 e. The number of pyridine rings is 2. The lowest BCUT2D eigenvalue weighted by atomic mass is 9.92. The molecule has 1 aliphatic heterocycles. The van der Waals surface area contributed by atoms with Crippen LogP contribution in [0.25, 0.3) is 11.1 Å². The van der Waals surface area contributed by atoms with Crippen molar-refractivity contribution >= 4 is 5.91 Å². The summed E-state index contributed by atoms with van der Waals surface area (Å²) in [7, 11) is 1.67. The van der Waals surface area contributed by atoms with E-state index in [0.717, 1.165) is 53.3 Å². The fraction of sp³-hybridized carbons (Fsp3) is 0.320. The molecule has 1 fully saturated rings. The maximum Gasteiger partial charge on any atom is 0.255 e. The van der Waals surface area contributed by atoms with E-state index in [9.17, 15) is 4.79 Å². The Labute approximate surface area is 177 Å². The average molecular weight is 402 g/mol. The first-order valence-corrected chi connectivity index (χ1v) is 10.4. The minimum Gasteiger partial charge on any atom is -0.497 e. The Balaban J connectivity index is 1.56. The van der Waals surface area contributed by atoms with E-state index in [1.807, 2.05) is 43.0 Å². The second-order valence-electron chi connectivity index (χ2n) is 7.93. The van der Waals surface area contributed by atoms with Gasteiger partial charge in [-0.2, -0.15) is 0 Å². The smallest absolute Gasteiger partial charge is 0.255 e. The number of nitrogens with zero attached hydrogens (tertiary/aromatic N) is 3. The summed E-state index contributed by atoms with van der Waals surface area (Å²) in [6, 6.07) is 16.1. The number of benzene rings is 1. The third-order valence-corrected chi connectivity index (χ3v) is 5.68. The third kappa shape index (κ3) is 4.35. The highest BCUT2D eigenvalue weighted by atomic mass is 16.5. The summed E-state index contributed by atoms with van der Waals surface area (Å²) in [5.41, 5.74) is 5.89. The highest BCUT2D eigenvalue weighted by molar-refractivity contribution is 5.94. The Hall–Kier alpha value is -3.21. The summed E-state index contributed by atoms with van der Waals surface area (Å²) in [6.45, 7) is 5.42. The Kier molecular flexibility index (Phi) is 5.79. The van der Waals surface area contributed by atoms with Crippen molar-refractivity contribution in [1.29, 1.82) is 0 Å². The fourth-order valence-electron chi connectivity index (χ4n) is 4.03. The third-order valence-electron chi connectivity index (χ3n) is 5.68. The number of amides is 1. The Morgan fingerprint density at radius 3 is 2.53 bits per heavy atom. The molecule has 5 nitrogen and oxygen atoms in total. The number of rotatable bonds is 4. The predicted molar refractivity (Wildman–Crippen MR) is 118 cm³/mol. The van der Waals surface area contributed by atoms with Crippen LogP contribution in [0.15, 0.2) is 54.7 Å². The number of likely N-dealkylation sites (tertiary alicyclic amines) is 1. The molecule has 1 atom stereocenters. The number of hydrogen-bond donors (Lipinski definition) is 0. The maximum absolute atomic E-state index is 13.0. The highest BCUT2D eigenvalue weighted by Gasteiger charge is 2.27. The molecule has 5 heteroatoms. The van der Waals surface area contributed by atoms with Gasteiger partial charge >= 0.3 is 0 Å². The van der Waals surface area contributed by atoms with Crippen molar-refractivity contribution in [2.45, 2.75) is 32.6 Å². The lowest BCUT2D eigenvalue weighted by Gasteiger charge is -2.33. The van der Waals surface area contributed by atoms with E-state index in [4.69, 9.17) is 9.72 Å². The van der Waals surface area contributed by atoms with Crippen LogP contribution in [0.2, 0.25) is 0 Å². The molecule has 0 spiro atoms. The molecule has 2 aromatic heterocycles. The van der Waals surface area contributed by atoms with Crippen molar-refractivity contribution in [3.8, 4) is 16.9 Å². The molecule has 154 valence electrons. The molecule has 3 heterocycles. The minimum atomic E-state index is 0.0511. The maximum atomic E-state index is 13.0. The summed E-state index contributed by atoms with van der Waals surface area (Å²) < 4.78 is 5.27. The molecular formula is C25H27N3O2. The van der Waals surface area contributed by atoms with Gasteiger partial charge in [-0.3, -0.25) is 14.8 Å². The van der Waals surface area contributed by atoms with Crippen LogP contribution in [0.5, 0.6) is 5.75 Å². The number of piperidine rings is 1. The van der Waals surface area contributed by atoms with Crippen LogP contribution in [0.3, 0.4) is 0 Å². The van der Waals surface area contributed by atoms with Crippen LogP contribution in [0, 0.1) is 13.8 Å². The topological polar surface area (TPSA) is 55.3 Å². The molecule has 0 saturated carbocycles.